The number of rotatable bonds is 4. The van der Waals surface area contributed by atoms with E-state index in [1.54, 1.807) is 0 Å². The van der Waals surface area contributed by atoms with Crippen molar-refractivity contribution in [1.29, 1.82) is 0 Å². The van der Waals surface area contributed by atoms with Gasteiger partial charge in [-0.2, -0.15) is 0 Å². The number of hydrogen-bond acceptors (Lipinski definition) is 0. The number of allylic oxidation sites excluding steroid dienone is 4. The summed E-state index contributed by atoms with van der Waals surface area (Å²) < 4.78 is 0. The van der Waals surface area contributed by atoms with Crippen molar-refractivity contribution in [2.45, 2.75) is 46.5 Å². The zero-order valence-electron chi connectivity index (χ0n) is 12.7. The minimum atomic E-state index is 0.300. The zero-order chi connectivity index (χ0) is 13.9. The van der Waals surface area contributed by atoms with Crippen LogP contribution < -0.4 is 0 Å². The molecule has 1 aromatic rings. The Hall–Kier alpha value is -1.30. The molecule has 0 aliphatic heterocycles. The first-order chi connectivity index (χ1) is 9.03. The summed E-state index contributed by atoms with van der Waals surface area (Å²) in [7, 11) is 0. The fourth-order valence-electron chi connectivity index (χ4n) is 2.85. The third-order valence-electron chi connectivity index (χ3n) is 4.50. The number of benzene rings is 1. The van der Waals surface area contributed by atoms with Gasteiger partial charge in [-0.1, -0.05) is 76.3 Å². The fraction of sp³-hybridized carbons (Fsp3) is 0.474. The first-order valence-electron chi connectivity index (χ1n) is 7.47. The summed E-state index contributed by atoms with van der Waals surface area (Å²) in [6.07, 6.45) is 11.4. The summed E-state index contributed by atoms with van der Waals surface area (Å²) in [5.41, 5.74) is 3.19. The van der Waals surface area contributed by atoms with Crippen molar-refractivity contribution in [2.24, 2.45) is 11.3 Å². The highest BCUT2D eigenvalue weighted by atomic mass is 14.3. The van der Waals surface area contributed by atoms with Crippen LogP contribution in [0.5, 0.6) is 0 Å². The maximum Gasteiger partial charge on any atom is -0.00173 e. The largest absolute Gasteiger partial charge is 0.0837 e. The quantitative estimate of drug-likeness (QED) is 0.664. The molecule has 0 fully saturated rings. The highest BCUT2D eigenvalue weighted by Crippen LogP contribution is 2.39. The van der Waals surface area contributed by atoms with Gasteiger partial charge in [-0.05, 0) is 41.2 Å². The molecule has 0 N–H and O–H groups in total. The molecule has 1 aliphatic carbocycles. The predicted octanol–water partition coefficient (Wildman–Crippen LogP) is 5.51. The van der Waals surface area contributed by atoms with E-state index in [1.165, 1.54) is 11.1 Å². The van der Waals surface area contributed by atoms with Gasteiger partial charge in [0.05, 0.1) is 0 Å². The third kappa shape index (κ3) is 3.18. The SMILES string of the molecule is CC(C)c1ccc(CC2(C(C)C)C=CC=CC2)cc1. The van der Waals surface area contributed by atoms with Crippen LogP contribution in [-0.2, 0) is 6.42 Å². The topological polar surface area (TPSA) is 0 Å². The fourth-order valence-corrected chi connectivity index (χ4v) is 2.85. The minimum absolute atomic E-state index is 0.300. The highest BCUT2D eigenvalue weighted by Gasteiger charge is 2.30. The summed E-state index contributed by atoms with van der Waals surface area (Å²) in [5, 5.41) is 0. The smallest absolute Gasteiger partial charge is 0.00173 e. The first kappa shape index (κ1) is 14.1. The Morgan fingerprint density at radius 2 is 1.68 bits per heavy atom. The molecular formula is C19H26. The summed E-state index contributed by atoms with van der Waals surface area (Å²) in [6, 6.07) is 9.20. The molecule has 2 rings (SSSR count). The Balaban J connectivity index is 2.18. The molecule has 0 spiro atoms. The summed E-state index contributed by atoms with van der Waals surface area (Å²) in [6.45, 7) is 9.18. The van der Waals surface area contributed by atoms with E-state index in [0.717, 1.165) is 12.8 Å². The van der Waals surface area contributed by atoms with Gasteiger partial charge in [0.1, 0.15) is 0 Å². The molecule has 0 aromatic heterocycles. The van der Waals surface area contributed by atoms with E-state index >= 15 is 0 Å². The van der Waals surface area contributed by atoms with Gasteiger partial charge >= 0.3 is 0 Å². The Morgan fingerprint density at radius 1 is 1.00 bits per heavy atom. The van der Waals surface area contributed by atoms with E-state index in [4.69, 9.17) is 0 Å². The molecule has 0 bridgehead atoms. The molecule has 1 aromatic carbocycles. The van der Waals surface area contributed by atoms with Crippen LogP contribution in [0.15, 0.2) is 48.6 Å². The molecule has 1 aliphatic rings. The lowest BCUT2D eigenvalue weighted by molar-refractivity contribution is 0.264. The van der Waals surface area contributed by atoms with E-state index < -0.39 is 0 Å². The molecule has 1 unspecified atom stereocenters. The average molecular weight is 254 g/mol. The van der Waals surface area contributed by atoms with Gasteiger partial charge in [0, 0.05) is 0 Å². The van der Waals surface area contributed by atoms with Crippen molar-refractivity contribution >= 4 is 0 Å². The van der Waals surface area contributed by atoms with Gasteiger partial charge in [0.25, 0.3) is 0 Å². The second-order valence-electron chi connectivity index (χ2n) is 6.45. The molecule has 102 valence electrons. The van der Waals surface area contributed by atoms with Crippen LogP contribution in [0.1, 0.15) is 51.2 Å². The molecular weight excluding hydrogens is 228 g/mol. The average Bonchev–Trinajstić information content (AvgIpc) is 2.40. The van der Waals surface area contributed by atoms with E-state index in [2.05, 4.69) is 76.3 Å². The Labute approximate surface area is 118 Å². The maximum absolute atomic E-state index is 2.41. The lowest BCUT2D eigenvalue weighted by Crippen LogP contribution is -2.28. The minimum Gasteiger partial charge on any atom is -0.0837 e. The summed E-state index contributed by atoms with van der Waals surface area (Å²) >= 11 is 0. The van der Waals surface area contributed by atoms with E-state index in [1.807, 2.05) is 0 Å². The van der Waals surface area contributed by atoms with Crippen molar-refractivity contribution in [2.75, 3.05) is 0 Å². The lowest BCUT2D eigenvalue weighted by Gasteiger charge is -2.35. The zero-order valence-corrected chi connectivity index (χ0v) is 12.7. The summed E-state index contributed by atoms with van der Waals surface area (Å²) in [5.74, 6) is 1.28. The molecule has 0 saturated heterocycles. The van der Waals surface area contributed by atoms with Crippen molar-refractivity contribution in [3.05, 3.63) is 59.7 Å². The Kier molecular flexibility index (Phi) is 4.29. The van der Waals surface area contributed by atoms with Crippen molar-refractivity contribution in [3.8, 4) is 0 Å². The number of hydrogen-bond donors (Lipinski definition) is 0. The van der Waals surface area contributed by atoms with Gasteiger partial charge in [-0.15, -0.1) is 0 Å². The monoisotopic (exact) mass is 254 g/mol. The van der Waals surface area contributed by atoms with Crippen LogP contribution in [0.25, 0.3) is 0 Å². The van der Waals surface area contributed by atoms with Crippen molar-refractivity contribution < 1.29 is 0 Å². The van der Waals surface area contributed by atoms with Crippen LogP contribution in [0.3, 0.4) is 0 Å². The van der Waals surface area contributed by atoms with Crippen LogP contribution >= 0.6 is 0 Å². The van der Waals surface area contributed by atoms with Gasteiger partial charge in [-0.3, -0.25) is 0 Å². The second kappa shape index (κ2) is 5.77. The van der Waals surface area contributed by atoms with Crippen LogP contribution in [0.4, 0.5) is 0 Å². The molecule has 0 radical (unpaired) electrons. The molecule has 0 saturated carbocycles. The molecule has 0 nitrogen and oxygen atoms in total. The Morgan fingerprint density at radius 3 is 2.16 bits per heavy atom. The van der Waals surface area contributed by atoms with Crippen molar-refractivity contribution in [3.63, 3.8) is 0 Å². The van der Waals surface area contributed by atoms with Gasteiger partial charge in [-0.25, -0.2) is 0 Å². The highest BCUT2D eigenvalue weighted by molar-refractivity contribution is 5.28. The van der Waals surface area contributed by atoms with E-state index in [-0.39, 0.29) is 0 Å². The van der Waals surface area contributed by atoms with Crippen LogP contribution in [0, 0.1) is 11.3 Å². The standard InChI is InChI=1S/C19H26/c1-15(2)18-10-8-17(9-11-18)14-19(16(3)4)12-6-5-7-13-19/h5-12,15-16H,13-14H2,1-4H3. The van der Waals surface area contributed by atoms with Gasteiger partial charge in [0.15, 0.2) is 0 Å². The Bertz CT molecular complexity index is 459. The van der Waals surface area contributed by atoms with Crippen LogP contribution in [-0.4, -0.2) is 0 Å². The van der Waals surface area contributed by atoms with Gasteiger partial charge in [0.2, 0.25) is 0 Å². The third-order valence-corrected chi connectivity index (χ3v) is 4.50. The second-order valence-corrected chi connectivity index (χ2v) is 6.45. The van der Waals surface area contributed by atoms with Gasteiger partial charge < -0.3 is 0 Å². The molecule has 0 heterocycles. The maximum atomic E-state index is 2.41. The predicted molar refractivity (Wildman–Crippen MR) is 84.4 cm³/mol. The van der Waals surface area contributed by atoms with E-state index in [0.29, 0.717) is 17.3 Å². The first-order valence-corrected chi connectivity index (χ1v) is 7.47. The lowest BCUT2D eigenvalue weighted by atomic mass is 9.69. The molecule has 1 atom stereocenters. The van der Waals surface area contributed by atoms with E-state index in [9.17, 15) is 0 Å². The van der Waals surface area contributed by atoms with Crippen LogP contribution in [0.2, 0.25) is 0 Å². The molecule has 0 amide bonds. The summed E-state index contributed by atoms with van der Waals surface area (Å²) in [4.78, 5) is 0. The normalized spacial score (nSPS) is 22.4. The molecule has 19 heavy (non-hydrogen) atoms. The van der Waals surface area contributed by atoms with Crippen molar-refractivity contribution in [1.82, 2.24) is 0 Å². The molecule has 0 heteroatoms.